The second-order valence-electron chi connectivity index (χ2n) is 9.84. The van der Waals surface area contributed by atoms with Crippen molar-refractivity contribution in [2.24, 2.45) is 11.8 Å². The molecule has 9 nitrogen and oxygen atoms in total. The minimum Gasteiger partial charge on any atom is -0.493 e. The van der Waals surface area contributed by atoms with Crippen LogP contribution in [-0.4, -0.2) is 69.1 Å². The first kappa shape index (κ1) is 23.3. The fourth-order valence-corrected chi connectivity index (χ4v) is 4.75. The molecule has 2 aliphatic rings. The number of benzene rings is 1. The van der Waals surface area contributed by atoms with E-state index in [9.17, 15) is 9.59 Å². The summed E-state index contributed by atoms with van der Waals surface area (Å²) < 4.78 is 6.14. The van der Waals surface area contributed by atoms with Gasteiger partial charge in [0.25, 0.3) is 5.91 Å². The predicted molar refractivity (Wildman–Crippen MR) is 131 cm³/mol. The third-order valence-corrected chi connectivity index (χ3v) is 6.98. The number of aryl methyl sites for hydroxylation is 2. The zero-order valence-electron chi connectivity index (χ0n) is 20.3. The minimum absolute atomic E-state index is 0.0728. The Balaban J connectivity index is 1.46. The number of ether oxygens (including phenoxy) is 1. The highest BCUT2D eigenvalue weighted by molar-refractivity contribution is 6.09. The van der Waals surface area contributed by atoms with Gasteiger partial charge in [-0.2, -0.15) is 0 Å². The molecule has 1 saturated carbocycles. The highest BCUT2D eigenvalue weighted by Crippen LogP contribution is 2.37. The topological polar surface area (TPSA) is 120 Å². The van der Waals surface area contributed by atoms with E-state index in [0.717, 1.165) is 16.9 Å². The molecule has 2 amide bonds. The molecule has 0 spiro atoms. The fraction of sp³-hybridized carbons (Fsp3) is 0.462. The number of likely N-dealkylation sites (tertiary alicyclic amines) is 1. The number of hydrogen-bond donors (Lipinski definition) is 3. The largest absolute Gasteiger partial charge is 0.493 e. The summed E-state index contributed by atoms with van der Waals surface area (Å²) in [6.45, 7) is 6.90. The second kappa shape index (κ2) is 9.30. The molecule has 1 aliphatic carbocycles. The number of carbonyl (C=O) groups is 2. The molecule has 2 atom stereocenters. The lowest BCUT2D eigenvalue weighted by Gasteiger charge is -2.17. The zero-order chi connectivity index (χ0) is 24.7. The third kappa shape index (κ3) is 4.60. The zero-order valence-corrected chi connectivity index (χ0v) is 20.3. The van der Waals surface area contributed by atoms with Crippen LogP contribution in [0.2, 0.25) is 0 Å². The van der Waals surface area contributed by atoms with E-state index < -0.39 is 6.61 Å². The number of nitrogens with zero attached hydrogens (tertiary/aromatic N) is 3. The molecule has 2 fully saturated rings. The summed E-state index contributed by atoms with van der Waals surface area (Å²) >= 11 is 0. The van der Waals surface area contributed by atoms with Crippen molar-refractivity contribution in [3.8, 4) is 17.0 Å². The van der Waals surface area contributed by atoms with Gasteiger partial charge in [-0.15, -0.1) is 0 Å². The van der Waals surface area contributed by atoms with E-state index in [4.69, 9.17) is 9.84 Å². The van der Waals surface area contributed by atoms with E-state index in [-0.39, 0.29) is 23.8 Å². The number of carbonyl (C=O) groups excluding carboxylic acids is 2. The summed E-state index contributed by atoms with van der Waals surface area (Å²) in [7, 11) is 0. The second-order valence-corrected chi connectivity index (χ2v) is 9.84. The van der Waals surface area contributed by atoms with Gasteiger partial charge in [0.1, 0.15) is 29.9 Å². The summed E-state index contributed by atoms with van der Waals surface area (Å²) in [6.07, 6.45) is 3.89. The van der Waals surface area contributed by atoms with Crippen LogP contribution in [0, 0.1) is 25.7 Å². The number of hydrogen-bond acceptors (Lipinski definition) is 6. The van der Waals surface area contributed by atoms with Crippen molar-refractivity contribution in [3.63, 3.8) is 0 Å². The summed E-state index contributed by atoms with van der Waals surface area (Å²) in [5.74, 6) is 0.895. The number of nitrogens with one attached hydrogen (secondary N) is 2. The van der Waals surface area contributed by atoms with Gasteiger partial charge in [-0.25, -0.2) is 9.97 Å². The predicted octanol–water partition coefficient (Wildman–Crippen LogP) is 2.60. The molecule has 0 radical (unpaired) electrons. The fourth-order valence-electron chi connectivity index (χ4n) is 4.75. The summed E-state index contributed by atoms with van der Waals surface area (Å²) in [4.78, 5) is 39.2. The number of H-pyrrole nitrogens is 1. The van der Waals surface area contributed by atoms with Crippen LogP contribution in [-0.2, 0) is 4.79 Å². The Labute approximate surface area is 203 Å². The molecule has 1 aliphatic heterocycles. The summed E-state index contributed by atoms with van der Waals surface area (Å²) in [5.41, 5.74) is 5.05. The number of amides is 2. The number of fused-ring (bicyclic) bond motifs is 1. The number of aliphatic hydroxyl groups excluding tert-OH is 1. The van der Waals surface area contributed by atoms with Crippen LogP contribution in [0.4, 0.5) is 0 Å². The van der Waals surface area contributed by atoms with Gasteiger partial charge in [0.2, 0.25) is 5.91 Å². The molecule has 1 aromatic carbocycles. The van der Waals surface area contributed by atoms with Crippen molar-refractivity contribution < 1.29 is 19.4 Å². The highest BCUT2D eigenvalue weighted by atomic mass is 16.5. The van der Waals surface area contributed by atoms with E-state index in [0.29, 0.717) is 53.6 Å². The molecule has 184 valence electrons. The molecular weight excluding hydrogens is 446 g/mol. The lowest BCUT2D eigenvalue weighted by atomic mass is 10.0. The highest BCUT2D eigenvalue weighted by Gasteiger charge is 2.34. The number of aromatic amines is 1. The number of rotatable bonds is 7. The molecule has 2 aromatic heterocycles. The maximum Gasteiger partial charge on any atom is 0.255 e. The molecule has 3 aromatic rings. The SMILES string of the molecule is Cc1ccc(OCC2CC2)c(-c2ncnc3c(C(=O)N[C@@H]4CN(C(=O)CO)C[C@H]4C)c(C)[nH]c23)c1. The first-order chi connectivity index (χ1) is 16.9. The third-order valence-electron chi connectivity index (χ3n) is 6.98. The average molecular weight is 478 g/mol. The molecular formula is C26H31N5O4. The van der Waals surface area contributed by atoms with Crippen molar-refractivity contribution in [3.05, 3.63) is 41.3 Å². The van der Waals surface area contributed by atoms with E-state index in [1.165, 1.54) is 19.2 Å². The minimum atomic E-state index is -0.528. The summed E-state index contributed by atoms with van der Waals surface area (Å²) in [5, 5.41) is 12.2. The lowest BCUT2D eigenvalue weighted by molar-refractivity contribution is -0.133. The molecule has 9 heteroatoms. The maximum atomic E-state index is 13.4. The van der Waals surface area contributed by atoms with E-state index in [2.05, 4.69) is 20.3 Å². The van der Waals surface area contributed by atoms with Crippen LogP contribution in [0.3, 0.4) is 0 Å². The van der Waals surface area contributed by atoms with Crippen LogP contribution in [0.25, 0.3) is 22.3 Å². The van der Waals surface area contributed by atoms with Crippen LogP contribution < -0.4 is 10.1 Å². The van der Waals surface area contributed by atoms with Gasteiger partial charge in [-0.05, 0) is 50.7 Å². The average Bonchev–Trinajstić information content (AvgIpc) is 3.51. The first-order valence-corrected chi connectivity index (χ1v) is 12.1. The first-order valence-electron chi connectivity index (χ1n) is 12.1. The van der Waals surface area contributed by atoms with Gasteiger partial charge in [0.05, 0.1) is 23.7 Å². The van der Waals surface area contributed by atoms with Crippen molar-refractivity contribution in [1.29, 1.82) is 0 Å². The molecule has 35 heavy (non-hydrogen) atoms. The van der Waals surface area contributed by atoms with Crippen molar-refractivity contribution >= 4 is 22.8 Å². The maximum absolute atomic E-state index is 13.4. The van der Waals surface area contributed by atoms with E-state index >= 15 is 0 Å². The van der Waals surface area contributed by atoms with Gasteiger partial charge in [0.15, 0.2) is 0 Å². The normalized spacial score (nSPS) is 19.8. The Kier molecular flexibility index (Phi) is 6.19. The Hall–Kier alpha value is -3.46. The molecule has 1 saturated heterocycles. The summed E-state index contributed by atoms with van der Waals surface area (Å²) in [6, 6.07) is 5.84. The van der Waals surface area contributed by atoms with Crippen molar-refractivity contribution in [2.45, 2.75) is 39.7 Å². The van der Waals surface area contributed by atoms with E-state index in [1.54, 1.807) is 4.90 Å². The Morgan fingerprint density at radius 3 is 2.77 bits per heavy atom. The number of aliphatic hydroxyl groups is 1. The van der Waals surface area contributed by atoms with Gasteiger partial charge >= 0.3 is 0 Å². The Bertz CT molecular complexity index is 1280. The smallest absolute Gasteiger partial charge is 0.255 e. The van der Waals surface area contributed by atoms with Gasteiger partial charge in [0, 0.05) is 24.3 Å². The lowest BCUT2D eigenvalue weighted by Crippen LogP contribution is -2.41. The standard InChI is InChI=1S/C26H31N5O4/c1-14-4-7-20(35-12-17-5-6-17)18(8-14)23-25-24(28-13-27-23)22(16(3)29-25)26(34)30-19-10-31(9-15(19)2)21(33)11-32/h4,7-8,13,15,17,19,29,32H,5-6,9-12H2,1-3H3,(H,30,34)/t15-,19-/m1/s1. The van der Waals surface area contributed by atoms with Gasteiger partial charge in [-0.1, -0.05) is 18.6 Å². The van der Waals surface area contributed by atoms with Gasteiger partial charge in [-0.3, -0.25) is 9.59 Å². The quantitative estimate of drug-likeness (QED) is 0.481. The van der Waals surface area contributed by atoms with E-state index in [1.807, 2.05) is 39.0 Å². The molecule has 5 rings (SSSR count). The molecule has 3 N–H and O–H groups in total. The van der Waals surface area contributed by atoms with Crippen LogP contribution >= 0.6 is 0 Å². The molecule has 0 bridgehead atoms. The Morgan fingerprint density at radius 1 is 1.23 bits per heavy atom. The van der Waals surface area contributed by atoms with Crippen LogP contribution in [0.5, 0.6) is 5.75 Å². The van der Waals surface area contributed by atoms with Crippen LogP contribution in [0.1, 0.15) is 41.4 Å². The van der Waals surface area contributed by atoms with Gasteiger partial charge < -0.3 is 25.0 Å². The Morgan fingerprint density at radius 2 is 2.03 bits per heavy atom. The number of aromatic nitrogens is 3. The van der Waals surface area contributed by atoms with Crippen molar-refractivity contribution in [1.82, 2.24) is 25.2 Å². The molecule has 3 heterocycles. The monoisotopic (exact) mass is 477 g/mol. The molecule has 0 unspecified atom stereocenters. The van der Waals surface area contributed by atoms with Crippen molar-refractivity contribution in [2.75, 3.05) is 26.3 Å². The van der Waals surface area contributed by atoms with Crippen LogP contribution in [0.15, 0.2) is 24.5 Å².